The van der Waals surface area contributed by atoms with Gasteiger partial charge in [-0.1, -0.05) is 11.6 Å². The second kappa shape index (κ2) is 5.50. The molecule has 0 radical (unpaired) electrons. The molecule has 2 aliphatic heterocycles. The van der Waals surface area contributed by atoms with Crippen molar-refractivity contribution in [3.63, 3.8) is 0 Å². The van der Waals surface area contributed by atoms with Gasteiger partial charge in [-0.05, 0) is 37.1 Å². The third-order valence-corrected chi connectivity index (χ3v) is 3.97. The second-order valence-corrected chi connectivity index (χ2v) is 5.48. The fourth-order valence-electron chi connectivity index (χ4n) is 2.79. The molecule has 0 spiro atoms. The van der Waals surface area contributed by atoms with Crippen LogP contribution in [0.4, 0.5) is 0 Å². The maximum Gasteiger partial charge on any atom is 0.320 e. The van der Waals surface area contributed by atoms with Gasteiger partial charge in [-0.3, -0.25) is 9.69 Å². The van der Waals surface area contributed by atoms with Gasteiger partial charge in [-0.2, -0.15) is 0 Å². The van der Waals surface area contributed by atoms with Crippen LogP contribution in [0.15, 0.2) is 12.1 Å². The predicted molar refractivity (Wildman–Crippen MR) is 73.5 cm³/mol. The van der Waals surface area contributed by atoms with E-state index in [1.54, 1.807) is 0 Å². The number of hydrogen-bond acceptors (Lipinski definition) is 4. The Morgan fingerprint density at radius 3 is 3.00 bits per heavy atom. The van der Waals surface area contributed by atoms with Gasteiger partial charge in [0.15, 0.2) is 11.5 Å². The van der Waals surface area contributed by atoms with Gasteiger partial charge < -0.3 is 14.6 Å². The zero-order valence-corrected chi connectivity index (χ0v) is 11.7. The molecule has 1 saturated heterocycles. The van der Waals surface area contributed by atoms with Gasteiger partial charge in [0, 0.05) is 6.54 Å². The van der Waals surface area contributed by atoms with Crippen molar-refractivity contribution in [1.82, 2.24) is 4.90 Å². The maximum absolute atomic E-state index is 11.2. The van der Waals surface area contributed by atoms with Gasteiger partial charge >= 0.3 is 5.97 Å². The summed E-state index contributed by atoms with van der Waals surface area (Å²) < 4.78 is 11.0. The lowest BCUT2D eigenvalue weighted by Crippen LogP contribution is -2.35. The molecule has 3 rings (SSSR count). The van der Waals surface area contributed by atoms with E-state index in [1.807, 2.05) is 17.0 Å². The molecule has 20 heavy (non-hydrogen) atoms. The lowest BCUT2D eigenvalue weighted by molar-refractivity contribution is -0.142. The Hall–Kier alpha value is -1.46. The van der Waals surface area contributed by atoms with Crippen LogP contribution >= 0.6 is 11.6 Å². The average Bonchev–Trinajstić information content (AvgIpc) is 2.87. The highest BCUT2D eigenvalue weighted by Gasteiger charge is 2.30. The van der Waals surface area contributed by atoms with Gasteiger partial charge in [0.1, 0.15) is 19.3 Å². The van der Waals surface area contributed by atoms with Crippen molar-refractivity contribution in [3.05, 3.63) is 22.7 Å². The van der Waals surface area contributed by atoms with Crippen molar-refractivity contribution >= 4 is 17.6 Å². The molecule has 1 N–H and O–H groups in total. The van der Waals surface area contributed by atoms with Crippen molar-refractivity contribution in [2.24, 2.45) is 0 Å². The summed E-state index contributed by atoms with van der Waals surface area (Å²) in [4.78, 5) is 13.2. The molecule has 6 heteroatoms. The number of carboxylic acid groups (broad SMARTS) is 1. The molecule has 1 aromatic rings. The maximum atomic E-state index is 11.2. The molecule has 0 saturated carbocycles. The van der Waals surface area contributed by atoms with E-state index in [-0.39, 0.29) is 0 Å². The molecule has 0 amide bonds. The van der Waals surface area contributed by atoms with Crippen molar-refractivity contribution < 1.29 is 19.4 Å². The van der Waals surface area contributed by atoms with Crippen molar-refractivity contribution in [3.8, 4) is 11.5 Å². The van der Waals surface area contributed by atoms with Gasteiger partial charge in [-0.25, -0.2) is 0 Å². The normalized spacial score (nSPS) is 21.9. The van der Waals surface area contributed by atoms with E-state index in [0.717, 1.165) is 18.5 Å². The van der Waals surface area contributed by atoms with E-state index in [0.29, 0.717) is 42.7 Å². The molecule has 1 aromatic carbocycles. The molecular weight excluding hydrogens is 282 g/mol. The summed E-state index contributed by atoms with van der Waals surface area (Å²) in [5, 5.41) is 9.71. The first-order chi connectivity index (χ1) is 9.65. The summed E-state index contributed by atoms with van der Waals surface area (Å²) in [5.74, 6) is 0.467. The van der Waals surface area contributed by atoms with E-state index in [9.17, 15) is 9.90 Å². The Morgan fingerprint density at radius 1 is 1.40 bits per heavy atom. The lowest BCUT2D eigenvalue weighted by atomic mass is 10.1. The number of benzene rings is 1. The Labute approximate surface area is 122 Å². The molecule has 108 valence electrons. The van der Waals surface area contributed by atoms with Gasteiger partial charge in [-0.15, -0.1) is 0 Å². The quantitative estimate of drug-likeness (QED) is 0.926. The molecule has 5 nitrogen and oxygen atoms in total. The number of carbonyl (C=O) groups is 1. The number of halogens is 1. The van der Waals surface area contributed by atoms with E-state index < -0.39 is 12.0 Å². The van der Waals surface area contributed by atoms with Crippen LogP contribution in [-0.4, -0.2) is 41.8 Å². The van der Waals surface area contributed by atoms with Crippen LogP contribution in [0.25, 0.3) is 0 Å². The SMILES string of the molecule is O=C(O)[C@@H]1CCCN1Cc1cc(Cl)c2c(c1)OCCO2. The first-order valence-electron chi connectivity index (χ1n) is 6.70. The van der Waals surface area contributed by atoms with Crippen LogP contribution in [-0.2, 0) is 11.3 Å². The number of fused-ring (bicyclic) bond motifs is 1. The standard InChI is InChI=1S/C14H16ClNO4/c15-10-6-9(7-12-13(10)20-5-4-19-12)8-16-3-1-2-11(16)14(17)18/h6-7,11H,1-5,8H2,(H,17,18)/t11-/m0/s1. The Kier molecular flexibility index (Phi) is 3.72. The van der Waals surface area contributed by atoms with Gasteiger partial charge in [0.05, 0.1) is 5.02 Å². The molecule has 0 bridgehead atoms. The van der Waals surface area contributed by atoms with Crippen LogP contribution in [0.1, 0.15) is 18.4 Å². The molecule has 0 aromatic heterocycles. The zero-order valence-electron chi connectivity index (χ0n) is 11.0. The minimum absolute atomic E-state index is 0.401. The monoisotopic (exact) mass is 297 g/mol. The summed E-state index contributed by atoms with van der Waals surface area (Å²) in [6, 6.07) is 3.31. The molecule has 2 aliphatic rings. The molecule has 2 heterocycles. The number of hydrogen-bond donors (Lipinski definition) is 1. The second-order valence-electron chi connectivity index (χ2n) is 5.07. The third kappa shape index (κ3) is 2.55. The molecule has 0 aliphatic carbocycles. The number of carboxylic acids is 1. The Morgan fingerprint density at radius 2 is 2.20 bits per heavy atom. The summed E-state index contributed by atoms with van der Waals surface area (Å²) in [7, 11) is 0. The number of ether oxygens (including phenoxy) is 2. The van der Waals surface area contributed by atoms with Crippen LogP contribution in [0.2, 0.25) is 5.02 Å². The Bertz CT molecular complexity index is 534. The fourth-order valence-corrected chi connectivity index (χ4v) is 3.07. The van der Waals surface area contributed by atoms with Crippen LogP contribution in [0, 0.1) is 0 Å². The Balaban J connectivity index is 1.81. The average molecular weight is 298 g/mol. The summed E-state index contributed by atoms with van der Waals surface area (Å²) in [5.41, 5.74) is 0.951. The first kappa shape index (κ1) is 13.5. The largest absolute Gasteiger partial charge is 0.486 e. The molecule has 0 unspecified atom stereocenters. The van der Waals surface area contributed by atoms with Gasteiger partial charge in [0.2, 0.25) is 0 Å². The minimum atomic E-state index is -0.758. The highest BCUT2D eigenvalue weighted by atomic mass is 35.5. The van der Waals surface area contributed by atoms with E-state index in [1.165, 1.54) is 0 Å². The number of likely N-dealkylation sites (tertiary alicyclic amines) is 1. The van der Waals surface area contributed by atoms with Crippen molar-refractivity contribution in [2.75, 3.05) is 19.8 Å². The molecule has 1 atom stereocenters. The first-order valence-corrected chi connectivity index (χ1v) is 7.08. The van der Waals surface area contributed by atoms with E-state index in [2.05, 4.69) is 0 Å². The van der Waals surface area contributed by atoms with E-state index in [4.69, 9.17) is 21.1 Å². The highest BCUT2D eigenvalue weighted by Crippen LogP contribution is 2.38. The molecular formula is C14H16ClNO4. The van der Waals surface area contributed by atoms with E-state index >= 15 is 0 Å². The van der Waals surface area contributed by atoms with Gasteiger partial charge in [0.25, 0.3) is 0 Å². The lowest BCUT2D eigenvalue weighted by Gasteiger charge is -2.24. The van der Waals surface area contributed by atoms with Crippen molar-refractivity contribution in [2.45, 2.75) is 25.4 Å². The predicted octanol–water partition coefficient (Wildman–Crippen LogP) is 2.16. The van der Waals surface area contributed by atoms with Crippen molar-refractivity contribution in [1.29, 1.82) is 0 Å². The number of rotatable bonds is 3. The summed E-state index contributed by atoms with van der Waals surface area (Å²) in [6.07, 6.45) is 1.61. The van der Waals surface area contributed by atoms with Crippen LogP contribution < -0.4 is 9.47 Å². The fraction of sp³-hybridized carbons (Fsp3) is 0.500. The number of aliphatic carboxylic acids is 1. The summed E-state index contributed by atoms with van der Waals surface area (Å²) in [6.45, 7) is 2.36. The number of nitrogens with zero attached hydrogens (tertiary/aromatic N) is 1. The summed E-state index contributed by atoms with van der Waals surface area (Å²) >= 11 is 6.19. The van der Waals surface area contributed by atoms with Crippen LogP contribution in [0.5, 0.6) is 11.5 Å². The zero-order chi connectivity index (χ0) is 14.1. The highest BCUT2D eigenvalue weighted by molar-refractivity contribution is 6.32. The topological polar surface area (TPSA) is 59.0 Å². The van der Waals surface area contributed by atoms with Crippen LogP contribution in [0.3, 0.4) is 0 Å². The molecule has 1 fully saturated rings. The third-order valence-electron chi connectivity index (χ3n) is 3.69. The smallest absolute Gasteiger partial charge is 0.320 e. The minimum Gasteiger partial charge on any atom is -0.486 e.